The molecule has 0 atom stereocenters. The van der Waals surface area contributed by atoms with Crippen LogP contribution in [0.15, 0.2) is 0 Å². The van der Waals surface area contributed by atoms with Crippen LogP contribution in [0.1, 0.15) is 39.0 Å². The lowest BCUT2D eigenvalue weighted by Crippen LogP contribution is -2.20. The Balaban J connectivity index is 3.06. The topological polar surface area (TPSA) is 55.4 Å². The van der Waals surface area contributed by atoms with Crippen molar-refractivity contribution in [3.05, 3.63) is 0 Å². The average molecular weight is 201 g/mol. The molecule has 0 aliphatic heterocycles. The van der Waals surface area contributed by atoms with Crippen LogP contribution in [0.3, 0.4) is 0 Å². The zero-order valence-electron chi connectivity index (χ0n) is 8.97. The third kappa shape index (κ3) is 9.03. The summed E-state index contributed by atoms with van der Waals surface area (Å²) in [6.07, 6.45) is 4.39. The third-order valence-electron chi connectivity index (χ3n) is 1.91. The standard InChI is InChI=1S/C10H19NO3/c1-9(12)11-8-6-4-3-5-7-10(13)14-2/h3-8H2,1-2H3,(H,11,12). The Morgan fingerprint density at radius 2 is 1.79 bits per heavy atom. The maximum absolute atomic E-state index is 10.7. The molecule has 0 aromatic carbocycles. The summed E-state index contributed by atoms with van der Waals surface area (Å²) in [6, 6.07) is 0. The van der Waals surface area contributed by atoms with Crippen LogP contribution in [0.25, 0.3) is 0 Å². The molecule has 1 N–H and O–H groups in total. The van der Waals surface area contributed by atoms with Gasteiger partial charge in [-0.15, -0.1) is 0 Å². The highest BCUT2D eigenvalue weighted by Crippen LogP contribution is 2.02. The monoisotopic (exact) mass is 201 g/mol. The van der Waals surface area contributed by atoms with E-state index in [1.165, 1.54) is 14.0 Å². The van der Waals surface area contributed by atoms with Crippen LogP contribution in [-0.2, 0) is 14.3 Å². The van der Waals surface area contributed by atoms with E-state index in [1.807, 2.05) is 0 Å². The largest absolute Gasteiger partial charge is 0.469 e. The van der Waals surface area contributed by atoms with Crippen molar-refractivity contribution in [3.8, 4) is 0 Å². The molecule has 0 aliphatic rings. The van der Waals surface area contributed by atoms with Crippen molar-refractivity contribution < 1.29 is 14.3 Å². The molecule has 0 aromatic rings. The average Bonchev–Trinajstić information content (AvgIpc) is 2.15. The van der Waals surface area contributed by atoms with Crippen molar-refractivity contribution in [3.63, 3.8) is 0 Å². The summed E-state index contributed by atoms with van der Waals surface area (Å²) in [5.74, 6) is -0.133. The van der Waals surface area contributed by atoms with Gasteiger partial charge in [0.15, 0.2) is 0 Å². The Hall–Kier alpha value is -1.06. The van der Waals surface area contributed by atoms with Crippen LogP contribution in [0.2, 0.25) is 0 Å². The number of hydrogen-bond acceptors (Lipinski definition) is 3. The molecule has 0 heterocycles. The summed E-state index contributed by atoms with van der Waals surface area (Å²) in [7, 11) is 1.40. The second kappa shape index (κ2) is 8.53. The molecule has 0 radical (unpaired) electrons. The van der Waals surface area contributed by atoms with Crippen molar-refractivity contribution in [2.75, 3.05) is 13.7 Å². The molecule has 0 rings (SSSR count). The zero-order chi connectivity index (χ0) is 10.8. The van der Waals surface area contributed by atoms with Crippen LogP contribution in [0, 0.1) is 0 Å². The van der Waals surface area contributed by atoms with E-state index in [2.05, 4.69) is 10.1 Å². The summed E-state index contributed by atoms with van der Waals surface area (Å²) < 4.78 is 4.51. The van der Waals surface area contributed by atoms with E-state index in [1.54, 1.807) is 0 Å². The summed E-state index contributed by atoms with van der Waals surface area (Å²) in [5, 5.41) is 2.73. The number of rotatable bonds is 7. The number of amides is 1. The summed E-state index contributed by atoms with van der Waals surface area (Å²) in [5.41, 5.74) is 0. The van der Waals surface area contributed by atoms with E-state index in [-0.39, 0.29) is 11.9 Å². The number of hydrogen-bond donors (Lipinski definition) is 1. The Morgan fingerprint density at radius 3 is 2.36 bits per heavy atom. The van der Waals surface area contributed by atoms with Gasteiger partial charge in [-0.2, -0.15) is 0 Å². The molecule has 82 valence electrons. The molecular weight excluding hydrogens is 182 g/mol. The summed E-state index contributed by atoms with van der Waals surface area (Å²) in [4.78, 5) is 21.2. The third-order valence-corrected chi connectivity index (χ3v) is 1.91. The Morgan fingerprint density at radius 1 is 1.14 bits per heavy atom. The molecule has 0 unspecified atom stereocenters. The number of methoxy groups -OCH3 is 1. The Kier molecular flexibility index (Phi) is 7.89. The van der Waals surface area contributed by atoms with Gasteiger partial charge in [0.05, 0.1) is 7.11 Å². The molecule has 0 saturated heterocycles. The lowest BCUT2D eigenvalue weighted by atomic mass is 10.1. The van der Waals surface area contributed by atoms with Gasteiger partial charge in [-0.05, 0) is 12.8 Å². The van der Waals surface area contributed by atoms with E-state index in [0.717, 1.165) is 32.2 Å². The lowest BCUT2D eigenvalue weighted by molar-refractivity contribution is -0.140. The first kappa shape index (κ1) is 12.9. The fraction of sp³-hybridized carbons (Fsp3) is 0.800. The highest BCUT2D eigenvalue weighted by atomic mass is 16.5. The van der Waals surface area contributed by atoms with E-state index in [0.29, 0.717) is 6.42 Å². The molecule has 0 aliphatic carbocycles. The molecule has 4 heteroatoms. The van der Waals surface area contributed by atoms with Gasteiger partial charge in [-0.3, -0.25) is 9.59 Å². The highest BCUT2D eigenvalue weighted by molar-refractivity contribution is 5.72. The van der Waals surface area contributed by atoms with Crippen molar-refractivity contribution in [1.29, 1.82) is 0 Å². The van der Waals surface area contributed by atoms with Crippen LogP contribution in [-0.4, -0.2) is 25.5 Å². The van der Waals surface area contributed by atoms with Gasteiger partial charge in [0.2, 0.25) is 5.91 Å². The molecule has 0 aromatic heterocycles. The Labute approximate surface area is 85.0 Å². The van der Waals surface area contributed by atoms with Crippen molar-refractivity contribution in [2.24, 2.45) is 0 Å². The van der Waals surface area contributed by atoms with Crippen LogP contribution >= 0.6 is 0 Å². The summed E-state index contributed by atoms with van der Waals surface area (Å²) in [6.45, 7) is 2.24. The maximum Gasteiger partial charge on any atom is 0.305 e. The van der Waals surface area contributed by atoms with Crippen molar-refractivity contribution in [2.45, 2.75) is 39.0 Å². The van der Waals surface area contributed by atoms with E-state index in [4.69, 9.17) is 0 Å². The normalized spacial score (nSPS) is 9.57. The second-order valence-electron chi connectivity index (χ2n) is 3.22. The van der Waals surface area contributed by atoms with Gasteiger partial charge < -0.3 is 10.1 Å². The molecular formula is C10H19NO3. The SMILES string of the molecule is COC(=O)CCCCCCNC(C)=O. The molecule has 0 bridgehead atoms. The second-order valence-corrected chi connectivity index (χ2v) is 3.22. The minimum atomic E-state index is -0.146. The predicted octanol–water partition coefficient (Wildman–Crippen LogP) is 1.25. The fourth-order valence-electron chi connectivity index (χ4n) is 1.11. The molecule has 1 amide bonds. The lowest BCUT2D eigenvalue weighted by Gasteiger charge is -2.01. The molecule has 4 nitrogen and oxygen atoms in total. The van der Waals surface area contributed by atoms with Gasteiger partial charge in [0.25, 0.3) is 0 Å². The van der Waals surface area contributed by atoms with E-state index in [9.17, 15) is 9.59 Å². The van der Waals surface area contributed by atoms with Gasteiger partial charge in [-0.25, -0.2) is 0 Å². The first-order valence-corrected chi connectivity index (χ1v) is 4.98. The zero-order valence-corrected chi connectivity index (χ0v) is 8.97. The molecule has 14 heavy (non-hydrogen) atoms. The fourth-order valence-corrected chi connectivity index (χ4v) is 1.11. The minimum Gasteiger partial charge on any atom is -0.469 e. The minimum absolute atomic E-state index is 0.0135. The van der Waals surface area contributed by atoms with Crippen LogP contribution in [0.5, 0.6) is 0 Å². The van der Waals surface area contributed by atoms with Gasteiger partial charge in [-0.1, -0.05) is 12.8 Å². The summed E-state index contributed by atoms with van der Waals surface area (Å²) >= 11 is 0. The number of carbonyl (C=O) groups excluding carboxylic acids is 2. The molecule has 0 fully saturated rings. The van der Waals surface area contributed by atoms with Crippen molar-refractivity contribution >= 4 is 11.9 Å². The first-order valence-electron chi connectivity index (χ1n) is 4.98. The number of unbranched alkanes of at least 4 members (excludes halogenated alkanes) is 3. The molecule has 0 spiro atoms. The van der Waals surface area contributed by atoms with Crippen LogP contribution in [0.4, 0.5) is 0 Å². The van der Waals surface area contributed by atoms with Gasteiger partial charge >= 0.3 is 5.97 Å². The van der Waals surface area contributed by atoms with E-state index < -0.39 is 0 Å². The number of carbonyl (C=O) groups is 2. The predicted molar refractivity (Wildman–Crippen MR) is 53.8 cm³/mol. The number of nitrogens with one attached hydrogen (secondary N) is 1. The smallest absolute Gasteiger partial charge is 0.305 e. The number of ether oxygens (including phenoxy) is 1. The van der Waals surface area contributed by atoms with Gasteiger partial charge in [0, 0.05) is 19.9 Å². The molecule has 0 saturated carbocycles. The maximum atomic E-state index is 10.7. The highest BCUT2D eigenvalue weighted by Gasteiger charge is 1.98. The van der Waals surface area contributed by atoms with E-state index >= 15 is 0 Å². The van der Waals surface area contributed by atoms with Crippen LogP contribution < -0.4 is 5.32 Å². The Bertz CT molecular complexity index is 180. The first-order chi connectivity index (χ1) is 6.66. The quantitative estimate of drug-likeness (QED) is 0.498. The van der Waals surface area contributed by atoms with Gasteiger partial charge in [0.1, 0.15) is 0 Å². The van der Waals surface area contributed by atoms with Crippen molar-refractivity contribution in [1.82, 2.24) is 5.32 Å². The number of esters is 1.